The topological polar surface area (TPSA) is 90.8 Å². The third-order valence-corrected chi connectivity index (χ3v) is 3.64. The van der Waals surface area contributed by atoms with E-state index in [0.29, 0.717) is 21.3 Å². The molecule has 0 aliphatic rings. The lowest BCUT2D eigenvalue weighted by molar-refractivity contribution is -0.114. The number of halogens is 2. The van der Waals surface area contributed by atoms with Crippen molar-refractivity contribution in [2.24, 2.45) is 5.10 Å². The van der Waals surface area contributed by atoms with Crippen LogP contribution in [-0.2, 0) is 4.79 Å². The highest BCUT2D eigenvalue weighted by Crippen LogP contribution is 2.30. The average Bonchev–Trinajstić information content (AvgIpc) is 2.52. The molecule has 0 saturated carbocycles. The molecule has 0 spiro atoms. The van der Waals surface area contributed by atoms with E-state index in [1.807, 2.05) is 0 Å². The van der Waals surface area contributed by atoms with Crippen LogP contribution >= 0.6 is 27.5 Å². The Morgan fingerprint density at radius 1 is 1.25 bits per heavy atom. The molecular weight excluding hydrogens is 398 g/mol. The predicted molar refractivity (Wildman–Crippen MR) is 96.6 cm³/mol. The van der Waals surface area contributed by atoms with Crippen LogP contribution in [0.3, 0.4) is 0 Å². The Morgan fingerprint density at radius 3 is 2.54 bits per heavy atom. The van der Waals surface area contributed by atoms with E-state index in [-0.39, 0.29) is 16.7 Å². The van der Waals surface area contributed by atoms with E-state index in [4.69, 9.17) is 11.6 Å². The smallest absolute Gasteiger partial charge is 0.271 e. The summed E-state index contributed by atoms with van der Waals surface area (Å²) in [6, 6.07) is 9.50. The zero-order chi connectivity index (χ0) is 17.7. The molecule has 2 amide bonds. The van der Waals surface area contributed by atoms with Crippen molar-refractivity contribution in [1.82, 2.24) is 5.43 Å². The summed E-state index contributed by atoms with van der Waals surface area (Å²) in [6.07, 6.45) is 1.29. The van der Waals surface area contributed by atoms with Gasteiger partial charge in [0.15, 0.2) is 0 Å². The van der Waals surface area contributed by atoms with E-state index < -0.39 is 5.91 Å². The number of aromatic hydroxyl groups is 1. The lowest BCUT2D eigenvalue weighted by Gasteiger charge is -2.04. The van der Waals surface area contributed by atoms with E-state index in [1.165, 1.54) is 13.1 Å². The van der Waals surface area contributed by atoms with E-state index >= 15 is 0 Å². The van der Waals surface area contributed by atoms with Gasteiger partial charge >= 0.3 is 0 Å². The van der Waals surface area contributed by atoms with Crippen molar-refractivity contribution >= 4 is 51.2 Å². The minimum atomic E-state index is -0.429. The van der Waals surface area contributed by atoms with E-state index in [9.17, 15) is 14.7 Å². The number of hydrogen-bond acceptors (Lipinski definition) is 4. The number of phenols is 1. The molecule has 2 aromatic rings. The fourth-order valence-electron chi connectivity index (χ4n) is 1.82. The average molecular weight is 411 g/mol. The summed E-state index contributed by atoms with van der Waals surface area (Å²) in [6.45, 7) is 1.40. The molecule has 2 rings (SSSR count). The van der Waals surface area contributed by atoms with Crippen molar-refractivity contribution in [3.63, 3.8) is 0 Å². The van der Waals surface area contributed by atoms with Crippen LogP contribution in [0, 0.1) is 0 Å². The Bertz CT molecular complexity index is 807. The van der Waals surface area contributed by atoms with Gasteiger partial charge < -0.3 is 10.4 Å². The van der Waals surface area contributed by atoms with Crippen LogP contribution in [0.1, 0.15) is 22.8 Å². The van der Waals surface area contributed by atoms with Crippen LogP contribution in [0.5, 0.6) is 5.75 Å². The van der Waals surface area contributed by atoms with Crippen LogP contribution in [-0.4, -0.2) is 23.1 Å². The van der Waals surface area contributed by atoms with Crippen molar-refractivity contribution in [2.75, 3.05) is 5.32 Å². The molecule has 0 aliphatic heterocycles. The Hall–Kier alpha value is -2.38. The Labute approximate surface area is 151 Å². The van der Waals surface area contributed by atoms with Gasteiger partial charge in [0.1, 0.15) is 5.75 Å². The summed E-state index contributed by atoms with van der Waals surface area (Å²) < 4.78 is 0.673. The molecule has 24 heavy (non-hydrogen) atoms. The highest BCUT2D eigenvalue weighted by Gasteiger charge is 2.07. The number of carbonyl (C=O) groups is 2. The number of carbonyl (C=O) groups excluding carboxylic acids is 2. The molecule has 0 saturated heterocycles. The van der Waals surface area contributed by atoms with Gasteiger partial charge in [0.2, 0.25) is 5.91 Å². The maximum Gasteiger partial charge on any atom is 0.271 e. The Morgan fingerprint density at radius 2 is 1.92 bits per heavy atom. The third-order valence-electron chi connectivity index (χ3n) is 2.89. The lowest BCUT2D eigenvalue weighted by Crippen LogP contribution is -2.17. The zero-order valence-corrected chi connectivity index (χ0v) is 14.9. The van der Waals surface area contributed by atoms with Crippen molar-refractivity contribution < 1.29 is 14.7 Å². The first-order valence-corrected chi connectivity index (χ1v) is 7.93. The molecule has 0 radical (unpaired) electrons. The molecule has 0 fully saturated rings. The number of amides is 2. The molecule has 2 aromatic carbocycles. The lowest BCUT2D eigenvalue weighted by atomic mass is 10.2. The van der Waals surface area contributed by atoms with Gasteiger partial charge in [-0.25, -0.2) is 5.43 Å². The van der Waals surface area contributed by atoms with Gasteiger partial charge in [0.05, 0.1) is 11.2 Å². The van der Waals surface area contributed by atoms with Gasteiger partial charge in [-0.1, -0.05) is 27.5 Å². The number of nitrogens with zero attached hydrogens (tertiary/aromatic N) is 1. The summed E-state index contributed by atoms with van der Waals surface area (Å²) in [7, 11) is 0. The molecule has 3 N–H and O–H groups in total. The van der Waals surface area contributed by atoms with Gasteiger partial charge in [-0.2, -0.15) is 5.10 Å². The minimum absolute atomic E-state index is 0.127. The first-order chi connectivity index (χ1) is 11.4. The normalized spacial score (nSPS) is 10.6. The summed E-state index contributed by atoms with van der Waals surface area (Å²) in [5, 5.41) is 16.4. The summed E-state index contributed by atoms with van der Waals surface area (Å²) >= 11 is 9.10. The van der Waals surface area contributed by atoms with Crippen LogP contribution in [0.4, 0.5) is 5.69 Å². The van der Waals surface area contributed by atoms with Crippen LogP contribution in [0.15, 0.2) is 46.0 Å². The monoisotopic (exact) mass is 409 g/mol. The number of rotatable bonds is 4. The standard InChI is InChI=1S/C16H13BrClN3O3/c1-9(22)20-13-4-2-10(3-5-13)16(24)21-19-8-11-6-12(17)7-14(18)15(11)23/h2-8,23H,1H3,(H,20,22)(H,21,24)/b19-8+. The summed E-state index contributed by atoms with van der Waals surface area (Å²) in [4.78, 5) is 22.9. The minimum Gasteiger partial charge on any atom is -0.506 e. The van der Waals surface area contributed by atoms with E-state index in [1.54, 1.807) is 36.4 Å². The molecule has 0 aliphatic carbocycles. The maximum atomic E-state index is 12.0. The number of phenolic OH excluding ortho intramolecular Hbond substituents is 1. The van der Waals surface area contributed by atoms with Crippen molar-refractivity contribution in [1.29, 1.82) is 0 Å². The molecule has 124 valence electrons. The fourth-order valence-corrected chi connectivity index (χ4v) is 2.65. The largest absolute Gasteiger partial charge is 0.506 e. The molecule has 8 heteroatoms. The van der Waals surface area contributed by atoms with Gasteiger partial charge in [-0.15, -0.1) is 0 Å². The number of anilines is 1. The predicted octanol–water partition coefficient (Wildman–Crippen LogP) is 3.53. The summed E-state index contributed by atoms with van der Waals surface area (Å²) in [5.41, 5.74) is 3.67. The molecule has 0 aromatic heterocycles. The quantitative estimate of drug-likeness (QED) is 0.532. The zero-order valence-electron chi connectivity index (χ0n) is 12.5. The van der Waals surface area contributed by atoms with E-state index in [2.05, 4.69) is 31.8 Å². The Kier molecular flexibility index (Phi) is 5.94. The van der Waals surface area contributed by atoms with E-state index in [0.717, 1.165) is 0 Å². The molecule has 0 heterocycles. The maximum absolute atomic E-state index is 12.0. The second kappa shape index (κ2) is 7.94. The van der Waals surface area contributed by atoms with Crippen molar-refractivity contribution in [3.05, 3.63) is 57.0 Å². The second-order valence-electron chi connectivity index (χ2n) is 4.78. The number of nitrogens with one attached hydrogen (secondary N) is 2. The highest BCUT2D eigenvalue weighted by molar-refractivity contribution is 9.10. The van der Waals surface area contributed by atoms with Crippen molar-refractivity contribution in [2.45, 2.75) is 6.92 Å². The highest BCUT2D eigenvalue weighted by atomic mass is 79.9. The number of hydrogen-bond donors (Lipinski definition) is 3. The second-order valence-corrected chi connectivity index (χ2v) is 6.11. The van der Waals surface area contributed by atoms with Gasteiger partial charge in [0.25, 0.3) is 5.91 Å². The van der Waals surface area contributed by atoms with Gasteiger partial charge in [0, 0.05) is 28.2 Å². The molecule has 0 bridgehead atoms. The molecule has 0 atom stereocenters. The first-order valence-electron chi connectivity index (χ1n) is 6.76. The fraction of sp³-hybridized carbons (Fsp3) is 0.0625. The molecular formula is C16H13BrClN3O3. The Balaban J connectivity index is 2.04. The summed E-state index contributed by atoms with van der Waals surface area (Å²) in [5.74, 6) is -0.747. The first kappa shape index (κ1) is 18.0. The molecule has 0 unspecified atom stereocenters. The third kappa shape index (κ3) is 4.81. The van der Waals surface area contributed by atoms with Crippen LogP contribution < -0.4 is 10.7 Å². The van der Waals surface area contributed by atoms with Crippen molar-refractivity contribution in [3.8, 4) is 5.75 Å². The SMILES string of the molecule is CC(=O)Nc1ccc(C(=O)N/N=C/c2cc(Br)cc(Cl)c2O)cc1. The molecule has 6 nitrogen and oxygen atoms in total. The van der Waals surface area contributed by atoms with Gasteiger partial charge in [-0.3, -0.25) is 9.59 Å². The van der Waals surface area contributed by atoms with Crippen LogP contribution in [0.25, 0.3) is 0 Å². The number of hydrazone groups is 1. The van der Waals surface area contributed by atoms with Gasteiger partial charge in [-0.05, 0) is 36.4 Å². The van der Waals surface area contributed by atoms with Crippen LogP contribution in [0.2, 0.25) is 5.02 Å². The number of benzene rings is 2.